The minimum absolute atomic E-state index is 0.234. The molecule has 12 unspecified atom stereocenters. The van der Waals surface area contributed by atoms with E-state index in [1.54, 1.807) is 6.08 Å². The number of carbonyl (C=O) groups is 1. The van der Waals surface area contributed by atoms with Gasteiger partial charge in [0, 0.05) is 6.42 Å². The first-order valence-corrected chi connectivity index (χ1v) is 37.4. The highest BCUT2D eigenvalue weighted by molar-refractivity contribution is 5.76. The maximum Gasteiger partial charge on any atom is 0.220 e. The van der Waals surface area contributed by atoms with Crippen molar-refractivity contribution in [2.75, 3.05) is 19.8 Å². The summed E-state index contributed by atoms with van der Waals surface area (Å²) in [4.78, 5) is 13.3. The SMILES string of the molecule is CCCCCCC/C=C\C/C=C\C/C=C\CCCCCCCCCCCCCCCCCCCCCCCCCCC(=O)NC(COC1OC(CO)C(OC2OC(CO)C(O)C(O)C2O)C(O)C1O)C(O)/C=C/CCCCCCCCCCCCCCCC. The third-order valence-corrected chi connectivity index (χ3v) is 18.3. The Labute approximate surface area is 543 Å². The number of nitrogens with one attached hydrogen (secondary N) is 1. The Morgan fingerprint density at radius 2 is 0.742 bits per heavy atom. The number of unbranched alkanes of at least 4 members (excludes halogenated alkanes) is 43. The maximum atomic E-state index is 13.3. The van der Waals surface area contributed by atoms with E-state index in [0.29, 0.717) is 6.42 Å². The van der Waals surface area contributed by atoms with Crippen molar-refractivity contribution in [3.05, 3.63) is 48.6 Å². The molecule has 2 heterocycles. The average Bonchev–Trinajstić information content (AvgIpc) is 2.55. The van der Waals surface area contributed by atoms with Crippen LogP contribution in [0.2, 0.25) is 0 Å². The van der Waals surface area contributed by atoms with Crippen LogP contribution >= 0.6 is 0 Å². The molecule has 0 aromatic rings. The molecule has 522 valence electrons. The van der Waals surface area contributed by atoms with E-state index in [-0.39, 0.29) is 18.9 Å². The van der Waals surface area contributed by atoms with E-state index in [0.717, 1.165) is 51.4 Å². The lowest BCUT2D eigenvalue weighted by atomic mass is 9.97. The van der Waals surface area contributed by atoms with Crippen LogP contribution in [0.4, 0.5) is 0 Å². The second-order valence-corrected chi connectivity index (χ2v) is 26.4. The van der Waals surface area contributed by atoms with E-state index in [1.807, 2.05) is 6.08 Å². The molecule has 0 saturated carbocycles. The summed E-state index contributed by atoms with van der Waals surface area (Å²) >= 11 is 0. The molecular formula is C75H139NO13. The van der Waals surface area contributed by atoms with Crippen LogP contribution < -0.4 is 5.32 Å². The van der Waals surface area contributed by atoms with Gasteiger partial charge >= 0.3 is 0 Å². The Balaban J connectivity index is 1.56. The van der Waals surface area contributed by atoms with Crippen LogP contribution in [0.15, 0.2) is 48.6 Å². The zero-order chi connectivity index (χ0) is 64.5. The minimum Gasteiger partial charge on any atom is -0.394 e. The Morgan fingerprint density at radius 1 is 0.404 bits per heavy atom. The minimum atomic E-state index is -1.79. The van der Waals surface area contributed by atoms with Gasteiger partial charge in [-0.3, -0.25) is 4.79 Å². The summed E-state index contributed by atoms with van der Waals surface area (Å²) in [6.45, 7) is 2.82. The molecule has 2 rings (SSSR count). The highest BCUT2D eigenvalue weighted by Crippen LogP contribution is 2.30. The zero-order valence-electron chi connectivity index (χ0n) is 56.9. The fourth-order valence-corrected chi connectivity index (χ4v) is 12.3. The number of amides is 1. The second-order valence-electron chi connectivity index (χ2n) is 26.4. The summed E-state index contributed by atoms with van der Waals surface area (Å²) in [6.07, 6.45) is 61.9. The highest BCUT2D eigenvalue weighted by Gasteiger charge is 2.51. The quantitative estimate of drug-likeness (QED) is 0.0204. The normalized spacial score (nSPS) is 23.3. The molecule has 9 N–H and O–H groups in total. The largest absolute Gasteiger partial charge is 0.394 e. The average molecular weight is 1260 g/mol. The topological polar surface area (TPSA) is 228 Å². The van der Waals surface area contributed by atoms with E-state index in [4.69, 9.17) is 18.9 Å². The first-order chi connectivity index (χ1) is 43.6. The molecule has 12 atom stereocenters. The number of carbonyl (C=O) groups excluding carboxylic acids is 1. The Morgan fingerprint density at radius 3 is 1.13 bits per heavy atom. The van der Waals surface area contributed by atoms with Gasteiger partial charge < -0.3 is 65.1 Å². The summed E-state index contributed by atoms with van der Waals surface area (Å²) < 4.78 is 22.9. The van der Waals surface area contributed by atoms with Gasteiger partial charge in [0.05, 0.1) is 32.0 Å². The third-order valence-electron chi connectivity index (χ3n) is 18.3. The lowest BCUT2D eigenvalue weighted by molar-refractivity contribution is -0.359. The van der Waals surface area contributed by atoms with Crippen LogP contribution in [0.25, 0.3) is 0 Å². The molecule has 0 radical (unpaired) electrons. The van der Waals surface area contributed by atoms with Crippen molar-refractivity contribution in [2.45, 2.75) is 402 Å². The van der Waals surface area contributed by atoms with Crippen LogP contribution in [0.3, 0.4) is 0 Å². The highest BCUT2D eigenvalue weighted by atomic mass is 16.7. The van der Waals surface area contributed by atoms with Crippen molar-refractivity contribution >= 4 is 5.91 Å². The fourth-order valence-electron chi connectivity index (χ4n) is 12.3. The molecule has 89 heavy (non-hydrogen) atoms. The third kappa shape index (κ3) is 43.5. The van der Waals surface area contributed by atoms with Crippen LogP contribution in [-0.4, -0.2) is 140 Å². The molecule has 0 spiro atoms. The summed E-state index contributed by atoms with van der Waals surface area (Å²) in [5.74, 6) is -0.234. The van der Waals surface area contributed by atoms with Crippen LogP contribution in [0.5, 0.6) is 0 Å². The smallest absolute Gasteiger partial charge is 0.220 e. The van der Waals surface area contributed by atoms with E-state index >= 15 is 0 Å². The molecular weight excluding hydrogens is 1120 g/mol. The zero-order valence-corrected chi connectivity index (χ0v) is 56.9. The van der Waals surface area contributed by atoms with Crippen molar-refractivity contribution < 1.29 is 64.6 Å². The number of rotatable bonds is 62. The Hall–Kier alpha value is -2.05. The van der Waals surface area contributed by atoms with Gasteiger partial charge in [-0.2, -0.15) is 0 Å². The molecule has 0 bridgehead atoms. The number of hydrogen-bond acceptors (Lipinski definition) is 13. The fraction of sp³-hybridized carbons (Fsp3) is 0.880. The molecule has 14 heteroatoms. The number of aliphatic hydroxyl groups excluding tert-OH is 8. The molecule has 0 aliphatic carbocycles. The number of hydrogen-bond donors (Lipinski definition) is 9. The standard InChI is InChI=1S/C75H139NO13/c1-3-5-7-9-11-13-15-17-19-21-22-23-24-25-26-27-28-29-30-31-32-33-34-35-36-37-38-39-40-41-42-43-45-47-49-51-53-55-57-59-67(80)76-63(64(79)58-56-54-52-50-48-46-44-20-18-16-14-12-10-8-6-4-2)62-86-74-72(85)70(83)73(66(61-78)88-74)89-75-71(84)69(82)68(81)65(60-77)87-75/h15,17,21-22,24-25,56,58,63-66,68-75,77-79,81-85H,3-14,16,18-20,23,26-55,57,59-62H2,1-2H3,(H,76,80)/b17-15-,22-21-,25-24-,58-56+. The molecule has 1 amide bonds. The van der Waals surface area contributed by atoms with Gasteiger partial charge in [0.25, 0.3) is 0 Å². The first kappa shape index (κ1) is 83.0. The van der Waals surface area contributed by atoms with Gasteiger partial charge in [-0.1, -0.05) is 313 Å². The Bertz CT molecular complexity index is 1680. The van der Waals surface area contributed by atoms with E-state index in [1.165, 1.54) is 250 Å². The van der Waals surface area contributed by atoms with E-state index in [9.17, 15) is 45.6 Å². The molecule has 0 aromatic carbocycles. The second kappa shape index (κ2) is 59.7. The van der Waals surface area contributed by atoms with E-state index in [2.05, 4.69) is 55.6 Å². The predicted molar refractivity (Wildman–Crippen MR) is 364 cm³/mol. The lowest BCUT2D eigenvalue weighted by Gasteiger charge is -2.46. The van der Waals surface area contributed by atoms with Crippen molar-refractivity contribution in [1.29, 1.82) is 0 Å². The van der Waals surface area contributed by atoms with Gasteiger partial charge in [-0.25, -0.2) is 0 Å². The summed E-state index contributed by atoms with van der Waals surface area (Å²) in [6, 6.07) is -0.913. The van der Waals surface area contributed by atoms with Crippen molar-refractivity contribution in [3.8, 4) is 0 Å². The van der Waals surface area contributed by atoms with Gasteiger partial charge in [0.2, 0.25) is 5.91 Å². The number of ether oxygens (including phenoxy) is 4. The van der Waals surface area contributed by atoms with Crippen LogP contribution in [-0.2, 0) is 23.7 Å². The molecule has 2 aliphatic heterocycles. The molecule has 2 saturated heterocycles. The maximum absolute atomic E-state index is 13.3. The molecule has 0 aromatic heterocycles. The van der Waals surface area contributed by atoms with Gasteiger partial charge in [0.15, 0.2) is 12.6 Å². The van der Waals surface area contributed by atoms with Crippen molar-refractivity contribution in [2.24, 2.45) is 0 Å². The molecule has 14 nitrogen and oxygen atoms in total. The summed E-state index contributed by atoms with van der Waals surface area (Å²) in [5.41, 5.74) is 0. The summed E-state index contributed by atoms with van der Waals surface area (Å²) in [7, 11) is 0. The van der Waals surface area contributed by atoms with Crippen LogP contribution in [0.1, 0.15) is 328 Å². The lowest BCUT2D eigenvalue weighted by Crippen LogP contribution is -2.65. The monoisotopic (exact) mass is 1260 g/mol. The van der Waals surface area contributed by atoms with Crippen molar-refractivity contribution in [3.63, 3.8) is 0 Å². The van der Waals surface area contributed by atoms with Gasteiger partial charge in [-0.05, 0) is 57.8 Å². The van der Waals surface area contributed by atoms with Crippen molar-refractivity contribution in [1.82, 2.24) is 5.32 Å². The number of allylic oxidation sites excluding steroid dienone is 7. The van der Waals surface area contributed by atoms with E-state index < -0.39 is 86.8 Å². The first-order valence-electron chi connectivity index (χ1n) is 37.4. The number of aliphatic hydroxyl groups is 8. The predicted octanol–water partition coefficient (Wildman–Crippen LogP) is 15.9. The van der Waals surface area contributed by atoms with Gasteiger partial charge in [0.1, 0.15) is 48.8 Å². The van der Waals surface area contributed by atoms with Crippen LogP contribution in [0, 0.1) is 0 Å². The van der Waals surface area contributed by atoms with Gasteiger partial charge in [-0.15, -0.1) is 0 Å². The summed E-state index contributed by atoms with van der Waals surface area (Å²) in [5, 5.41) is 87.4. The Kier molecular flexibility index (Phi) is 55.7. The molecule has 2 fully saturated rings. The molecule has 2 aliphatic rings.